The third-order valence-corrected chi connectivity index (χ3v) is 3.50. The molecule has 8 heteroatoms. The summed E-state index contributed by atoms with van der Waals surface area (Å²) in [6.07, 6.45) is 1.36. The number of carbonyl (C=O) groups excluding carboxylic acids is 1. The smallest absolute Gasteiger partial charge is 0.246 e. The number of nitriles is 1. The van der Waals surface area contributed by atoms with Crippen LogP contribution in [0.3, 0.4) is 0 Å². The lowest BCUT2D eigenvalue weighted by atomic mass is 10.1. The first-order valence-corrected chi connectivity index (χ1v) is 8.32. The molecule has 0 radical (unpaired) electrons. The van der Waals surface area contributed by atoms with Crippen LogP contribution in [0, 0.1) is 11.3 Å². The summed E-state index contributed by atoms with van der Waals surface area (Å²) in [6, 6.07) is 10.2. The van der Waals surface area contributed by atoms with Gasteiger partial charge in [0.1, 0.15) is 23.1 Å². The van der Waals surface area contributed by atoms with E-state index in [4.69, 9.17) is 19.9 Å². The molecule has 1 amide bonds. The molecule has 2 aromatic rings. The largest absolute Gasteiger partial charge is 0.489 e. The minimum absolute atomic E-state index is 0.0777. The summed E-state index contributed by atoms with van der Waals surface area (Å²) in [4.78, 5) is 16.1. The maximum Gasteiger partial charge on any atom is 0.246 e. The average Bonchev–Trinajstić information content (AvgIpc) is 2.63. The monoisotopic (exact) mass is 370 g/mol. The quantitative estimate of drug-likeness (QED) is 0.641. The van der Waals surface area contributed by atoms with E-state index in [1.165, 1.54) is 20.0 Å². The highest BCUT2D eigenvalue weighted by Crippen LogP contribution is 2.28. The van der Waals surface area contributed by atoms with Crippen molar-refractivity contribution in [3.05, 3.63) is 42.1 Å². The van der Waals surface area contributed by atoms with Gasteiger partial charge in [-0.1, -0.05) is 0 Å². The molecule has 1 aromatic heterocycles. The van der Waals surface area contributed by atoms with Crippen molar-refractivity contribution in [1.29, 1.82) is 5.26 Å². The van der Waals surface area contributed by atoms with Crippen LogP contribution in [0.1, 0.15) is 33.3 Å². The predicted molar refractivity (Wildman–Crippen MR) is 98.9 cm³/mol. The van der Waals surface area contributed by atoms with E-state index in [1.807, 2.05) is 19.3 Å². The van der Waals surface area contributed by atoms with Crippen molar-refractivity contribution < 1.29 is 19.5 Å². The van der Waals surface area contributed by atoms with Gasteiger partial charge in [-0.15, -0.1) is 0 Å². The Bertz CT molecular complexity index is 842. The second-order valence-corrected chi connectivity index (χ2v) is 6.61. The number of amides is 1. The molecule has 1 heterocycles. The Morgan fingerprint density at radius 3 is 2.59 bits per heavy atom. The third kappa shape index (κ3) is 5.41. The van der Waals surface area contributed by atoms with Crippen LogP contribution in [0.25, 0.3) is 0 Å². The van der Waals surface area contributed by atoms with E-state index in [0.29, 0.717) is 28.6 Å². The molecule has 0 saturated heterocycles. The first-order chi connectivity index (χ1) is 12.7. The molecule has 27 heavy (non-hydrogen) atoms. The van der Waals surface area contributed by atoms with Crippen LogP contribution in [-0.4, -0.2) is 27.7 Å². The van der Waals surface area contributed by atoms with Crippen molar-refractivity contribution in [1.82, 2.24) is 10.5 Å². The Morgan fingerprint density at radius 2 is 2.04 bits per heavy atom. The number of aromatic nitrogens is 1. The van der Waals surface area contributed by atoms with Crippen LogP contribution in [-0.2, 0) is 4.79 Å². The van der Waals surface area contributed by atoms with E-state index in [0.717, 1.165) is 0 Å². The summed E-state index contributed by atoms with van der Waals surface area (Å²) in [6.45, 7) is 6.82. The van der Waals surface area contributed by atoms with Gasteiger partial charge in [0.2, 0.25) is 11.8 Å². The van der Waals surface area contributed by atoms with Gasteiger partial charge >= 0.3 is 0 Å². The summed E-state index contributed by atoms with van der Waals surface area (Å²) < 4.78 is 11.3. The van der Waals surface area contributed by atoms with Crippen molar-refractivity contribution >= 4 is 11.6 Å². The standard InChI is InChI=1S/C19H22N4O4/c1-12(2)26-16-9-15(7-5-13(16)10-20)27-17-8-6-14(11-21-17)22-18(24)19(3,4)23-25/h5-9,11-12,23,25H,1-4H3,(H,22,24). The lowest BCUT2D eigenvalue weighted by Crippen LogP contribution is -2.48. The van der Waals surface area contributed by atoms with Gasteiger partial charge < -0.3 is 20.0 Å². The van der Waals surface area contributed by atoms with E-state index < -0.39 is 11.4 Å². The number of hydroxylamine groups is 1. The van der Waals surface area contributed by atoms with E-state index in [1.54, 1.807) is 30.3 Å². The zero-order valence-electron chi connectivity index (χ0n) is 15.6. The molecule has 0 spiro atoms. The summed E-state index contributed by atoms with van der Waals surface area (Å²) in [5.74, 6) is 0.808. The Balaban J connectivity index is 2.10. The summed E-state index contributed by atoms with van der Waals surface area (Å²) in [5, 5.41) is 20.8. The topological polar surface area (TPSA) is 116 Å². The van der Waals surface area contributed by atoms with E-state index in [-0.39, 0.29) is 6.10 Å². The molecular formula is C19H22N4O4. The Hall–Kier alpha value is -3.15. The molecule has 0 bridgehead atoms. The van der Waals surface area contributed by atoms with Crippen LogP contribution >= 0.6 is 0 Å². The maximum absolute atomic E-state index is 12.0. The molecule has 3 N–H and O–H groups in total. The number of carbonyl (C=O) groups is 1. The maximum atomic E-state index is 12.0. The molecule has 1 aromatic carbocycles. The zero-order valence-corrected chi connectivity index (χ0v) is 15.6. The number of nitrogens with one attached hydrogen (secondary N) is 2. The lowest BCUT2D eigenvalue weighted by molar-refractivity contribution is -0.125. The molecule has 142 valence electrons. The fraction of sp³-hybridized carbons (Fsp3) is 0.316. The van der Waals surface area contributed by atoms with Gasteiger partial charge in [0.05, 0.1) is 23.6 Å². The molecule has 0 unspecified atom stereocenters. The third-order valence-electron chi connectivity index (χ3n) is 3.50. The minimum atomic E-state index is -1.13. The second-order valence-electron chi connectivity index (χ2n) is 6.61. The molecule has 0 atom stereocenters. The number of anilines is 1. The minimum Gasteiger partial charge on any atom is -0.489 e. The average molecular weight is 370 g/mol. The number of hydrogen-bond donors (Lipinski definition) is 3. The normalized spacial score (nSPS) is 11.0. The fourth-order valence-corrected chi connectivity index (χ4v) is 1.98. The van der Waals surface area contributed by atoms with Crippen molar-refractivity contribution in [2.75, 3.05) is 5.32 Å². The first-order valence-electron chi connectivity index (χ1n) is 8.32. The molecule has 0 aliphatic heterocycles. The van der Waals surface area contributed by atoms with Gasteiger partial charge in [-0.25, -0.2) is 4.98 Å². The summed E-state index contributed by atoms with van der Waals surface area (Å²) >= 11 is 0. The fourth-order valence-electron chi connectivity index (χ4n) is 1.98. The predicted octanol–water partition coefficient (Wildman–Crippen LogP) is 3.23. The number of ether oxygens (including phenoxy) is 2. The van der Waals surface area contributed by atoms with Crippen LogP contribution in [0.15, 0.2) is 36.5 Å². The Kier molecular flexibility index (Phi) is 6.34. The van der Waals surface area contributed by atoms with E-state index >= 15 is 0 Å². The van der Waals surface area contributed by atoms with Crippen molar-refractivity contribution in [3.63, 3.8) is 0 Å². The van der Waals surface area contributed by atoms with Crippen molar-refractivity contribution in [3.8, 4) is 23.4 Å². The van der Waals surface area contributed by atoms with Gasteiger partial charge in [0.15, 0.2) is 0 Å². The van der Waals surface area contributed by atoms with E-state index in [9.17, 15) is 4.79 Å². The van der Waals surface area contributed by atoms with Gasteiger partial charge in [-0.3, -0.25) is 4.79 Å². The Morgan fingerprint density at radius 1 is 1.30 bits per heavy atom. The molecule has 0 fully saturated rings. The van der Waals surface area contributed by atoms with Crippen LogP contribution in [0.2, 0.25) is 0 Å². The van der Waals surface area contributed by atoms with E-state index in [2.05, 4.69) is 16.4 Å². The number of rotatable bonds is 7. The molecule has 8 nitrogen and oxygen atoms in total. The van der Waals surface area contributed by atoms with Gasteiger partial charge in [0, 0.05) is 12.1 Å². The molecule has 0 saturated carbocycles. The second kappa shape index (κ2) is 8.49. The highest BCUT2D eigenvalue weighted by molar-refractivity contribution is 5.97. The van der Waals surface area contributed by atoms with Crippen LogP contribution < -0.4 is 20.3 Å². The summed E-state index contributed by atoms with van der Waals surface area (Å²) in [5.41, 5.74) is 1.68. The lowest BCUT2D eigenvalue weighted by Gasteiger charge is -2.21. The molecule has 2 rings (SSSR count). The number of pyridine rings is 1. The SMILES string of the molecule is CC(C)Oc1cc(Oc2ccc(NC(=O)C(C)(C)NO)cn2)ccc1C#N. The Labute approximate surface area is 157 Å². The summed E-state index contributed by atoms with van der Waals surface area (Å²) in [7, 11) is 0. The molecular weight excluding hydrogens is 348 g/mol. The highest BCUT2D eigenvalue weighted by atomic mass is 16.5. The first kappa shape index (κ1) is 20.2. The van der Waals surface area contributed by atoms with Gasteiger partial charge in [-0.05, 0) is 45.9 Å². The zero-order chi connectivity index (χ0) is 20.0. The van der Waals surface area contributed by atoms with Crippen LogP contribution in [0.4, 0.5) is 5.69 Å². The van der Waals surface area contributed by atoms with Gasteiger partial charge in [-0.2, -0.15) is 10.7 Å². The van der Waals surface area contributed by atoms with Crippen molar-refractivity contribution in [2.45, 2.75) is 39.3 Å². The van der Waals surface area contributed by atoms with Crippen LogP contribution in [0.5, 0.6) is 17.4 Å². The number of nitrogens with zero attached hydrogens (tertiary/aromatic N) is 2. The highest BCUT2D eigenvalue weighted by Gasteiger charge is 2.26. The van der Waals surface area contributed by atoms with Gasteiger partial charge in [0.25, 0.3) is 0 Å². The van der Waals surface area contributed by atoms with Crippen molar-refractivity contribution in [2.24, 2.45) is 0 Å². The molecule has 0 aliphatic carbocycles. The number of benzene rings is 1. The molecule has 0 aliphatic rings. The number of hydrogen-bond acceptors (Lipinski definition) is 7.